The van der Waals surface area contributed by atoms with E-state index >= 15 is 0 Å². The molecule has 0 bridgehead atoms. The Balaban J connectivity index is 2.11. The smallest absolute Gasteiger partial charge is 0.240 e. The Labute approximate surface area is 122 Å². The molecule has 0 aromatic heterocycles. The molecule has 7 heteroatoms. The first-order valence-electron chi connectivity index (χ1n) is 6.62. The van der Waals surface area contributed by atoms with Crippen LogP contribution in [0.4, 0.5) is 0 Å². The van der Waals surface area contributed by atoms with Crippen molar-refractivity contribution in [3.63, 3.8) is 0 Å². The van der Waals surface area contributed by atoms with Crippen molar-refractivity contribution in [1.82, 2.24) is 10.0 Å². The number of rotatable bonds is 6. The monoisotopic (exact) mass is 316 g/mol. The minimum Gasteiger partial charge on any atom is -0.312 e. The van der Waals surface area contributed by atoms with Gasteiger partial charge in [-0.15, -0.1) is 0 Å². The molecule has 0 aliphatic carbocycles. The molecular formula is C13H20N2O3S2. The highest BCUT2D eigenvalue weighted by Gasteiger charge is 2.21. The lowest BCUT2D eigenvalue weighted by molar-refractivity contribution is 0.575. The number of hydrogen-bond donors (Lipinski definition) is 2. The summed E-state index contributed by atoms with van der Waals surface area (Å²) in [6, 6.07) is 5.40. The molecule has 1 unspecified atom stereocenters. The van der Waals surface area contributed by atoms with Gasteiger partial charge in [-0.2, -0.15) is 0 Å². The van der Waals surface area contributed by atoms with Crippen molar-refractivity contribution < 1.29 is 12.6 Å². The molecule has 2 rings (SSSR count). The van der Waals surface area contributed by atoms with Gasteiger partial charge in [0.25, 0.3) is 0 Å². The third-order valence-corrected chi connectivity index (χ3v) is 5.70. The summed E-state index contributed by atoms with van der Waals surface area (Å²) < 4.78 is 38.2. The van der Waals surface area contributed by atoms with E-state index in [9.17, 15) is 12.6 Å². The molecule has 0 spiro atoms. The average Bonchev–Trinajstić information content (AvgIpc) is 2.43. The van der Waals surface area contributed by atoms with Gasteiger partial charge >= 0.3 is 0 Å². The van der Waals surface area contributed by atoms with E-state index in [1.165, 1.54) is 0 Å². The second-order valence-corrected chi connectivity index (χ2v) is 8.14. The maximum Gasteiger partial charge on any atom is 0.240 e. The molecule has 1 aliphatic rings. The van der Waals surface area contributed by atoms with E-state index in [0.29, 0.717) is 30.2 Å². The molecule has 1 atom stereocenters. The van der Waals surface area contributed by atoms with E-state index in [0.717, 1.165) is 24.1 Å². The molecule has 0 saturated carbocycles. The first kappa shape index (κ1) is 15.6. The lowest BCUT2D eigenvalue weighted by Gasteiger charge is -2.20. The van der Waals surface area contributed by atoms with Crippen molar-refractivity contribution in [3.8, 4) is 0 Å². The maximum atomic E-state index is 12.3. The molecule has 112 valence electrons. The lowest BCUT2D eigenvalue weighted by Crippen LogP contribution is -2.30. The van der Waals surface area contributed by atoms with Crippen LogP contribution in [0.5, 0.6) is 0 Å². The highest BCUT2D eigenvalue weighted by Crippen LogP contribution is 2.22. The van der Waals surface area contributed by atoms with Crippen molar-refractivity contribution >= 4 is 20.8 Å². The molecule has 1 heterocycles. The topological polar surface area (TPSA) is 75.3 Å². The van der Waals surface area contributed by atoms with Crippen molar-refractivity contribution in [1.29, 1.82) is 0 Å². The van der Waals surface area contributed by atoms with Gasteiger partial charge in [0.1, 0.15) is 0 Å². The molecule has 0 saturated heterocycles. The zero-order valence-corrected chi connectivity index (χ0v) is 13.1. The van der Waals surface area contributed by atoms with Crippen LogP contribution in [0.3, 0.4) is 0 Å². The number of benzene rings is 1. The molecular weight excluding hydrogens is 296 g/mol. The lowest BCUT2D eigenvalue weighted by atomic mass is 10.0. The van der Waals surface area contributed by atoms with Crippen molar-refractivity contribution in [3.05, 3.63) is 29.3 Å². The molecule has 2 N–H and O–H groups in total. The van der Waals surface area contributed by atoms with Crippen molar-refractivity contribution in [2.24, 2.45) is 0 Å². The van der Waals surface area contributed by atoms with Gasteiger partial charge in [0.05, 0.1) is 4.90 Å². The van der Waals surface area contributed by atoms with Crippen LogP contribution in [-0.4, -0.2) is 37.7 Å². The molecule has 1 aliphatic heterocycles. The van der Waals surface area contributed by atoms with Crippen LogP contribution in [-0.2, 0) is 33.8 Å². The summed E-state index contributed by atoms with van der Waals surface area (Å²) in [7, 11) is -4.36. The highest BCUT2D eigenvalue weighted by molar-refractivity contribution is 7.89. The second-order valence-electron chi connectivity index (χ2n) is 4.85. The van der Waals surface area contributed by atoms with Gasteiger partial charge in [0.2, 0.25) is 10.0 Å². The molecule has 1 aromatic rings. The summed E-state index contributed by atoms with van der Waals surface area (Å²) in [4.78, 5) is 0.383. The Morgan fingerprint density at radius 1 is 1.40 bits per heavy atom. The molecule has 1 aromatic carbocycles. The fourth-order valence-corrected chi connectivity index (χ4v) is 4.24. The van der Waals surface area contributed by atoms with E-state index in [4.69, 9.17) is 0 Å². The molecule has 0 radical (unpaired) electrons. The minimum atomic E-state index is -3.48. The van der Waals surface area contributed by atoms with Gasteiger partial charge in [-0.05, 0) is 36.6 Å². The minimum absolute atomic E-state index is 0.323. The van der Waals surface area contributed by atoms with Crippen LogP contribution < -0.4 is 10.0 Å². The highest BCUT2D eigenvalue weighted by atomic mass is 32.2. The largest absolute Gasteiger partial charge is 0.312 e. The first-order chi connectivity index (χ1) is 9.50. The Morgan fingerprint density at radius 3 is 2.95 bits per heavy atom. The maximum absolute atomic E-state index is 12.3. The fourth-order valence-electron chi connectivity index (χ4n) is 2.31. The first-order valence-corrected chi connectivity index (χ1v) is 9.83. The normalized spacial score (nSPS) is 16.6. The van der Waals surface area contributed by atoms with E-state index in [1.807, 2.05) is 6.07 Å². The fraction of sp³-hybridized carbons (Fsp3) is 0.538. The predicted molar refractivity (Wildman–Crippen MR) is 80.6 cm³/mol. The summed E-state index contributed by atoms with van der Waals surface area (Å²) in [5, 5.41) is 3.24. The SMILES string of the molecule is CS(=O)CCCNS(=O)(=O)c1cccc2c1CCNC2. The van der Waals surface area contributed by atoms with Gasteiger partial charge in [-0.1, -0.05) is 12.1 Å². The zero-order valence-electron chi connectivity index (χ0n) is 11.5. The van der Waals surface area contributed by atoms with E-state index in [1.54, 1.807) is 18.4 Å². The van der Waals surface area contributed by atoms with E-state index in [2.05, 4.69) is 10.0 Å². The van der Waals surface area contributed by atoms with Crippen molar-refractivity contribution in [2.45, 2.75) is 24.3 Å². The van der Waals surface area contributed by atoms with Gasteiger partial charge in [0.15, 0.2) is 0 Å². The summed E-state index contributed by atoms with van der Waals surface area (Å²) in [6.07, 6.45) is 2.93. The third-order valence-electron chi connectivity index (χ3n) is 3.29. The molecule has 0 amide bonds. The number of sulfonamides is 1. The predicted octanol–water partition coefficient (Wildman–Crippen LogP) is 0.379. The summed E-state index contributed by atoms with van der Waals surface area (Å²) in [5.74, 6) is 0.513. The van der Waals surface area contributed by atoms with Crippen LogP contribution in [0.25, 0.3) is 0 Å². The van der Waals surface area contributed by atoms with Crippen molar-refractivity contribution in [2.75, 3.05) is 25.1 Å². The molecule has 5 nitrogen and oxygen atoms in total. The number of hydrogen-bond acceptors (Lipinski definition) is 4. The second kappa shape index (κ2) is 6.80. The Hall–Kier alpha value is -0.760. The van der Waals surface area contributed by atoms with Gasteiger partial charge in [-0.3, -0.25) is 4.21 Å². The van der Waals surface area contributed by atoms with Gasteiger partial charge in [-0.25, -0.2) is 13.1 Å². The van der Waals surface area contributed by atoms with E-state index < -0.39 is 20.8 Å². The van der Waals surface area contributed by atoms with Crippen LogP contribution >= 0.6 is 0 Å². The molecule has 20 heavy (non-hydrogen) atoms. The van der Waals surface area contributed by atoms with E-state index in [-0.39, 0.29) is 0 Å². The van der Waals surface area contributed by atoms with Gasteiger partial charge in [0, 0.05) is 35.9 Å². The third kappa shape index (κ3) is 3.88. The van der Waals surface area contributed by atoms with Gasteiger partial charge < -0.3 is 5.32 Å². The Morgan fingerprint density at radius 2 is 2.20 bits per heavy atom. The van der Waals surface area contributed by atoms with Crippen LogP contribution in [0, 0.1) is 0 Å². The number of fused-ring (bicyclic) bond motifs is 1. The standard InChI is InChI=1S/C13H20N2O3S2/c1-19(16)9-3-7-15-20(17,18)13-5-2-4-11-10-14-8-6-12(11)13/h2,4-5,14-15H,3,6-10H2,1H3. The summed E-state index contributed by atoms with van der Waals surface area (Å²) >= 11 is 0. The number of nitrogens with one attached hydrogen (secondary N) is 2. The average molecular weight is 316 g/mol. The Bertz CT molecular complexity index is 600. The quantitative estimate of drug-likeness (QED) is 0.744. The van der Waals surface area contributed by atoms with Crippen LogP contribution in [0.1, 0.15) is 17.5 Å². The van der Waals surface area contributed by atoms with Crippen LogP contribution in [0.15, 0.2) is 23.1 Å². The molecule has 0 fully saturated rings. The van der Waals surface area contributed by atoms with Crippen LogP contribution in [0.2, 0.25) is 0 Å². The zero-order chi connectivity index (χ0) is 14.6. The summed E-state index contributed by atoms with van der Waals surface area (Å²) in [5.41, 5.74) is 1.96. The summed E-state index contributed by atoms with van der Waals surface area (Å²) in [6.45, 7) is 1.84. The Kier molecular flexibility index (Phi) is 5.31.